The van der Waals surface area contributed by atoms with Gasteiger partial charge in [-0.1, -0.05) is 23.2 Å². The van der Waals surface area contributed by atoms with Gasteiger partial charge in [-0.25, -0.2) is 9.18 Å². The van der Waals surface area contributed by atoms with Crippen LogP contribution < -0.4 is 0 Å². The summed E-state index contributed by atoms with van der Waals surface area (Å²) in [5, 5.41) is 9.02. The molecule has 0 spiro atoms. The van der Waals surface area contributed by atoms with Crippen molar-refractivity contribution in [3.05, 3.63) is 45.0 Å². The fourth-order valence-corrected chi connectivity index (χ4v) is 2.73. The Morgan fingerprint density at radius 1 is 1.24 bits per heavy atom. The van der Waals surface area contributed by atoms with Crippen LogP contribution in [0.3, 0.4) is 0 Å². The number of carboxylic acids is 1. The molecule has 0 saturated carbocycles. The molecule has 0 aliphatic rings. The van der Waals surface area contributed by atoms with E-state index in [0.29, 0.717) is 10.4 Å². The van der Waals surface area contributed by atoms with E-state index in [2.05, 4.69) is 0 Å². The molecule has 0 radical (unpaired) electrons. The molecule has 1 aromatic carbocycles. The molecule has 0 aliphatic heterocycles. The van der Waals surface area contributed by atoms with Crippen molar-refractivity contribution in [3.8, 4) is 10.4 Å². The summed E-state index contributed by atoms with van der Waals surface area (Å²) in [4.78, 5) is 11.5. The average molecular weight is 291 g/mol. The molecule has 0 saturated heterocycles. The molecule has 1 N–H and O–H groups in total. The van der Waals surface area contributed by atoms with Crippen molar-refractivity contribution >= 4 is 40.5 Å². The van der Waals surface area contributed by atoms with Gasteiger partial charge in [0.25, 0.3) is 0 Å². The maximum Gasteiger partial charge on any atom is 0.345 e. The lowest BCUT2D eigenvalue weighted by Gasteiger charge is -2.02. The average Bonchev–Trinajstić information content (AvgIpc) is 2.72. The van der Waals surface area contributed by atoms with Crippen molar-refractivity contribution in [2.24, 2.45) is 0 Å². The molecule has 6 heteroatoms. The van der Waals surface area contributed by atoms with Crippen molar-refractivity contribution in [1.82, 2.24) is 0 Å². The zero-order valence-electron chi connectivity index (χ0n) is 8.21. The lowest BCUT2D eigenvalue weighted by Crippen LogP contribution is -1.89. The summed E-state index contributed by atoms with van der Waals surface area (Å²) in [6, 6.07) is 5.53. The summed E-state index contributed by atoms with van der Waals surface area (Å²) in [7, 11) is 0. The van der Waals surface area contributed by atoms with Crippen LogP contribution in [0.5, 0.6) is 0 Å². The Morgan fingerprint density at radius 2 is 1.94 bits per heavy atom. The van der Waals surface area contributed by atoms with E-state index in [1.807, 2.05) is 0 Å². The Balaban J connectivity index is 2.52. The minimum atomic E-state index is -1.02. The van der Waals surface area contributed by atoms with E-state index in [9.17, 15) is 9.18 Å². The number of halogens is 3. The second kappa shape index (κ2) is 4.64. The van der Waals surface area contributed by atoms with Gasteiger partial charge < -0.3 is 5.11 Å². The molecule has 1 heterocycles. The molecule has 88 valence electrons. The summed E-state index contributed by atoms with van der Waals surface area (Å²) in [6.07, 6.45) is 0. The number of hydrogen-bond acceptors (Lipinski definition) is 2. The fourth-order valence-electron chi connectivity index (χ4n) is 1.31. The first kappa shape index (κ1) is 12.4. The van der Waals surface area contributed by atoms with Gasteiger partial charge in [-0.05, 0) is 24.3 Å². The molecular formula is C11H5Cl2FO2S. The van der Waals surface area contributed by atoms with Crippen LogP contribution in [-0.2, 0) is 0 Å². The Kier molecular flexibility index (Phi) is 3.38. The van der Waals surface area contributed by atoms with Crippen molar-refractivity contribution in [2.45, 2.75) is 0 Å². The zero-order chi connectivity index (χ0) is 12.6. The quantitative estimate of drug-likeness (QED) is 0.823. The summed E-state index contributed by atoms with van der Waals surface area (Å²) in [5.74, 6) is -1.61. The number of carbonyl (C=O) groups is 1. The first-order chi connectivity index (χ1) is 7.99. The van der Waals surface area contributed by atoms with Crippen LogP contribution in [0.2, 0.25) is 10.0 Å². The van der Waals surface area contributed by atoms with Gasteiger partial charge in [0.2, 0.25) is 0 Å². The first-order valence-corrected chi connectivity index (χ1v) is 6.04. The summed E-state index contributed by atoms with van der Waals surface area (Å²) < 4.78 is 13.3. The molecule has 2 rings (SSSR count). The van der Waals surface area contributed by atoms with E-state index >= 15 is 0 Å². The number of aromatic carboxylic acids is 1. The third-order valence-corrected chi connectivity index (χ3v) is 3.80. The van der Waals surface area contributed by atoms with E-state index < -0.39 is 11.8 Å². The summed E-state index contributed by atoms with van der Waals surface area (Å²) in [6.45, 7) is 0. The van der Waals surface area contributed by atoms with Crippen LogP contribution in [0.4, 0.5) is 4.39 Å². The standard InChI is InChI=1S/C11H5Cl2FO2S/c12-6-4-7(13)8(14)3-5(6)9-1-2-10(17-9)11(15)16/h1-4H,(H,15,16). The topological polar surface area (TPSA) is 37.3 Å². The Hall–Kier alpha value is -1.10. The van der Waals surface area contributed by atoms with Crippen LogP contribution in [0, 0.1) is 5.82 Å². The third kappa shape index (κ3) is 2.44. The highest BCUT2D eigenvalue weighted by Gasteiger charge is 2.13. The molecule has 17 heavy (non-hydrogen) atoms. The number of benzene rings is 1. The smallest absolute Gasteiger partial charge is 0.345 e. The van der Waals surface area contributed by atoms with Gasteiger partial charge in [-0.2, -0.15) is 0 Å². The second-order valence-corrected chi connectivity index (χ2v) is 5.11. The number of hydrogen-bond donors (Lipinski definition) is 1. The molecule has 0 amide bonds. The Bertz CT molecular complexity index is 595. The van der Waals surface area contributed by atoms with Crippen molar-refractivity contribution in [2.75, 3.05) is 0 Å². The van der Waals surface area contributed by atoms with Crippen LogP contribution >= 0.6 is 34.5 Å². The Morgan fingerprint density at radius 3 is 2.53 bits per heavy atom. The predicted octanol–water partition coefficient (Wildman–Crippen LogP) is 4.56. The summed E-state index contributed by atoms with van der Waals surface area (Å²) >= 11 is 12.5. The summed E-state index contributed by atoms with van der Waals surface area (Å²) in [5.41, 5.74) is 0.436. The molecule has 0 fully saturated rings. The highest BCUT2D eigenvalue weighted by Crippen LogP contribution is 2.36. The van der Waals surface area contributed by atoms with Crippen LogP contribution in [0.25, 0.3) is 10.4 Å². The molecule has 2 nitrogen and oxygen atoms in total. The normalized spacial score (nSPS) is 10.5. The highest BCUT2D eigenvalue weighted by molar-refractivity contribution is 7.17. The fraction of sp³-hybridized carbons (Fsp3) is 0. The lowest BCUT2D eigenvalue weighted by molar-refractivity contribution is 0.0702. The van der Waals surface area contributed by atoms with E-state index in [4.69, 9.17) is 28.3 Å². The molecular weight excluding hydrogens is 286 g/mol. The monoisotopic (exact) mass is 290 g/mol. The van der Waals surface area contributed by atoms with Crippen LogP contribution in [0.15, 0.2) is 24.3 Å². The predicted molar refractivity (Wildman–Crippen MR) is 66.7 cm³/mol. The number of rotatable bonds is 2. The highest BCUT2D eigenvalue weighted by atomic mass is 35.5. The molecule has 2 aromatic rings. The van der Waals surface area contributed by atoms with Crippen LogP contribution in [0.1, 0.15) is 9.67 Å². The van der Waals surface area contributed by atoms with Gasteiger partial charge in [0.05, 0.1) is 10.0 Å². The molecule has 0 atom stereocenters. The van der Waals surface area contributed by atoms with Crippen molar-refractivity contribution < 1.29 is 14.3 Å². The van der Waals surface area contributed by atoms with Gasteiger partial charge in [-0.15, -0.1) is 11.3 Å². The van der Waals surface area contributed by atoms with Crippen molar-refractivity contribution in [1.29, 1.82) is 0 Å². The number of thiophene rings is 1. The van der Waals surface area contributed by atoms with E-state index in [0.717, 1.165) is 11.3 Å². The number of carboxylic acid groups (broad SMARTS) is 1. The molecule has 0 aliphatic carbocycles. The zero-order valence-corrected chi connectivity index (χ0v) is 10.5. The SMILES string of the molecule is O=C(O)c1ccc(-c2cc(F)c(Cl)cc2Cl)s1. The van der Waals surface area contributed by atoms with Gasteiger partial charge in [-0.3, -0.25) is 0 Å². The first-order valence-electron chi connectivity index (χ1n) is 4.47. The molecule has 1 aromatic heterocycles. The van der Waals surface area contributed by atoms with Gasteiger partial charge in [0.1, 0.15) is 10.7 Å². The van der Waals surface area contributed by atoms with Crippen molar-refractivity contribution in [3.63, 3.8) is 0 Å². The molecule has 0 bridgehead atoms. The minimum absolute atomic E-state index is 0.0613. The van der Waals surface area contributed by atoms with E-state index in [1.54, 1.807) is 6.07 Å². The Labute approximate surface area is 110 Å². The second-order valence-electron chi connectivity index (χ2n) is 3.22. The largest absolute Gasteiger partial charge is 0.477 e. The van der Waals surface area contributed by atoms with Gasteiger partial charge in [0.15, 0.2) is 0 Å². The lowest BCUT2D eigenvalue weighted by atomic mass is 10.2. The van der Waals surface area contributed by atoms with Gasteiger partial charge >= 0.3 is 5.97 Å². The van der Waals surface area contributed by atoms with Crippen LogP contribution in [-0.4, -0.2) is 11.1 Å². The van der Waals surface area contributed by atoms with E-state index in [1.165, 1.54) is 18.2 Å². The maximum atomic E-state index is 13.3. The van der Waals surface area contributed by atoms with Gasteiger partial charge in [0, 0.05) is 10.4 Å². The van der Waals surface area contributed by atoms with E-state index in [-0.39, 0.29) is 14.9 Å². The maximum absolute atomic E-state index is 13.3. The molecule has 0 unspecified atom stereocenters. The minimum Gasteiger partial charge on any atom is -0.477 e. The third-order valence-electron chi connectivity index (χ3n) is 2.09.